The molecule has 2 N–H and O–H groups in total. The molecule has 5 heteroatoms. The molecule has 1 heterocycles. The zero-order chi connectivity index (χ0) is 13.8. The van der Waals surface area contributed by atoms with Crippen LogP contribution in [0.4, 0.5) is 5.82 Å². The van der Waals surface area contributed by atoms with E-state index in [0.717, 1.165) is 10.0 Å². The number of halogens is 1. The topological polar surface area (TPSA) is 59.2 Å². The normalized spacial score (nSPS) is 10.2. The van der Waals surface area contributed by atoms with Gasteiger partial charge in [-0.2, -0.15) is 0 Å². The predicted molar refractivity (Wildman–Crippen MR) is 78.6 cm³/mol. The molecule has 0 radical (unpaired) electrons. The van der Waals surface area contributed by atoms with Gasteiger partial charge in [0.25, 0.3) is 5.91 Å². The quantitative estimate of drug-likeness (QED) is 0.946. The van der Waals surface area contributed by atoms with E-state index >= 15 is 0 Å². The highest BCUT2D eigenvalue weighted by Gasteiger charge is 2.13. The van der Waals surface area contributed by atoms with Crippen molar-refractivity contribution in [2.75, 3.05) is 12.8 Å². The van der Waals surface area contributed by atoms with Crippen LogP contribution in [0.1, 0.15) is 16.1 Å². The SMILES string of the molecule is CN(Cc1ccc(Br)cc1)C(=O)c1cccc(N)n1. The Balaban J connectivity index is 2.09. The van der Waals surface area contributed by atoms with E-state index in [1.807, 2.05) is 24.3 Å². The summed E-state index contributed by atoms with van der Waals surface area (Å²) >= 11 is 3.38. The van der Waals surface area contributed by atoms with Crippen LogP contribution >= 0.6 is 15.9 Å². The Kier molecular flexibility index (Phi) is 4.16. The Morgan fingerprint density at radius 3 is 2.58 bits per heavy atom. The number of nitrogens with two attached hydrogens (primary N) is 1. The molecule has 98 valence electrons. The first kappa shape index (κ1) is 13.5. The summed E-state index contributed by atoms with van der Waals surface area (Å²) in [7, 11) is 1.75. The summed E-state index contributed by atoms with van der Waals surface area (Å²) in [4.78, 5) is 17.8. The third-order valence-electron chi connectivity index (χ3n) is 2.67. The summed E-state index contributed by atoms with van der Waals surface area (Å²) in [6.45, 7) is 0.530. The Bertz CT molecular complexity index is 583. The minimum atomic E-state index is -0.143. The average Bonchev–Trinajstić information content (AvgIpc) is 2.40. The monoisotopic (exact) mass is 319 g/mol. The second-order valence-electron chi connectivity index (χ2n) is 4.24. The van der Waals surface area contributed by atoms with Crippen LogP contribution in [0.2, 0.25) is 0 Å². The van der Waals surface area contributed by atoms with E-state index in [0.29, 0.717) is 18.1 Å². The summed E-state index contributed by atoms with van der Waals surface area (Å²) in [6.07, 6.45) is 0. The number of aromatic nitrogens is 1. The van der Waals surface area contributed by atoms with Crippen LogP contribution in [-0.2, 0) is 6.54 Å². The summed E-state index contributed by atoms with van der Waals surface area (Å²) in [5.74, 6) is 0.207. The molecule has 0 aliphatic carbocycles. The Labute approximate surface area is 120 Å². The van der Waals surface area contributed by atoms with Crippen molar-refractivity contribution in [2.45, 2.75) is 6.54 Å². The van der Waals surface area contributed by atoms with Gasteiger partial charge >= 0.3 is 0 Å². The van der Waals surface area contributed by atoms with E-state index in [9.17, 15) is 4.79 Å². The molecule has 0 saturated carbocycles. The molecule has 1 aromatic heterocycles. The largest absolute Gasteiger partial charge is 0.384 e. The number of amides is 1. The van der Waals surface area contributed by atoms with Gasteiger partial charge in [-0.3, -0.25) is 4.79 Å². The molecule has 2 rings (SSSR count). The number of anilines is 1. The van der Waals surface area contributed by atoms with Crippen molar-refractivity contribution in [3.63, 3.8) is 0 Å². The lowest BCUT2D eigenvalue weighted by Crippen LogP contribution is -2.27. The standard InChI is InChI=1S/C14H14BrN3O/c1-18(9-10-5-7-11(15)8-6-10)14(19)12-3-2-4-13(16)17-12/h2-8H,9H2,1H3,(H2,16,17). The van der Waals surface area contributed by atoms with Crippen molar-refractivity contribution >= 4 is 27.7 Å². The number of rotatable bonds is 3. The molecule has 1 amide bonds. The van der Waals surface area contributed by atoms with Crippen molar-refractivity contribution in [1.82, 2.24) is 9.88 Å². The molecule has 1 aromatic carbocycles. The minimum Gasteiger partial charge on any atom is -0.384 e. The van der Waals surface area contributed by atoms with Crippen molar-refractivity contribution in [3.8, 4) is 0 Å². The molecule has 2 aromatic rings. The highest BCUT2D eigenvalue weighted by atomic mass is 79.9. The van der Waals surface area contributed by atoms with Gasteiger partial charge < -0.3 is 10.6 Å². The highest BCUT2D eigenvalue weighted by molar-refractivity contribution is 9.10. The second kappa shape index (κ2) is 5.84. The van der Waals surface area contributed by atoms with Gasteiger partial charge in [0.15, 0.2) is 0 Å². The van der Waals surface area contributed by atoms with E-state index in [-0.39, 0.29) is 5.91 Å². The van der Waals surface area contributed by atoms with Crippen LogP contribution in [0, 0.1) is 0 Å². The van der Waals surface area contributed by atoms with E-state index < -0.39 is 0 Å². The van der Waals surface area contributed by atoms with Crippen LogP contribution in [-0.4, -0.2) is 22.8 Å². The Morgan fingerprint density at radius 2 is 1.95 bits per heavy atom. The number of pyridine rings is 1. The summed E-state index contributed by atoms with van der Waals surface area (Å²) in [5.41, 5.74) is 7.00. The highest BCUT2D eigenvalue weighted by Crippen LogP contribution is 2.13. The van der Waals surface area contributed by atoms with Gasteiger partial charge in [-0.25, -0.2) is 4.98 Å². The third kappa shape index (κ3) is 3.54. The fourth-order valence-electron chi connectivity index (χ4n) is 1.70. The maximum absolute atomic E-state index is 12.2. The van der Waals surface area contributed by atoms with Crippen molar-refractivity contribution in [3.05, 3.63) is 58.2 Å². The smallest absolute Gasteiger partial charge is 0.272 e. The van der Waals surface area contributed by atoms with Crippen LogP contribution in [0.5, 0.6) is 0 Å². The molecule has 0 atom stereocenters. The van der Waals surface area contributed by atoms with Gasteiger partial charge in [0, 0.05) is 18.1 Å². The first-order chi connectivity index (χ1) is 9.06. The molecule has 0 spiro atoms. The number of nitrogen functional groups attached to an aromatic ring is 1. The molecule has 0 bridgehead atoms. The molecular formula is C14H14BrN3O. The molecule has 19 heavy (non-hydrogen) atoms. The maximum Gasteiger partial charge on any atom is 0.272 e. The lowest BCUT2D eigenvalue weighted by molar-refractivity contribution is 0.0779. The molecule has 0 saturated heterocycles. The van der Waals surface area contributed by atoms with Gasteiger partial charge in [-0.1, -0.05) is 34.1 Å². The zero-order valence-electron chi connectivity index (χ0n) is 10.5. The van der Waals surface area contributed by atoms with Crippen LogP contribution in [0.15, 0.2) is 46.9 Å². The van der Waals surface area contributed by atoms with Crippen LogP contribution in [0.3, 0.4) is 0 Å². The number of hydrogen-bond donors (Lipinski definition) is 1. The van der Waals surface area contributed by atoms with E-state index in [1.54, 1.807) is 30.1 Å². The minimum absolute atomic E-state index is 0.143. The van der Waals surface area contributed by atoms with Gasteiger partial charge in [-0.15, -0.1) is 0 Å². The Morgan fingerprint density at radius 1 is 1.26 bits per heavy atom. The molecule has 0 fully saturated rings. The number of benzene rings is 1. The van der Waals surface area contributed by atoms with E-state index in [4.69, 9.17) is 5.73 Å². The maximum atomic E-state index is 12.2. The number of nitrogens with zero attached hydrogens (tertiary/aromatic N) is 2. The lowest BCUT2D eigenvalue weighted by atomic mass is 10.2. The fourth-order valence-corrected chi connectivity index (χ4v) is 1.97. The van der Waals surface area contributed by atoms with Crippen molar-refractivity contribution in [1.29, 1.82) is 0 Å². The number of hydrogen-bond acceptors (Lipinski definition) is 3. The lowest BCUT2D eigenvalue weighted by Gasteiger charge is -2.17. The molecular weight excluding hydrogens is 306 g/mol. The third-order valence-corrected chi connectivity index (χ3v) is 3.20. The van der Waals surface area contributed by atoms with Gasteiger partial charge in [0.2, 0.25) is 0 Å². The van der Waals surface area contributed by atoms with Crippen LogP contribution in [0.25, 0.3) is 0 Å². The van der Waals surface area contributed by atoms with Gasteiger partial charge in [-0.05, 0) is 29.8 Å². The van der Waals surface area contributed by atoms with Crippen molar-refractivity contribution < 1.29 is 4.79 Å². The number of carbonyl (C=O) groups excluding carboxylic acids is 1. The summed E-state index contributed by atoms with van der Waals surface area (Å²) in [5, 5.41) is 0. The number of carbonyl (C=O) groups is 1. The molecule has 0 aliphatic rings. The van der Waals surface area contributed by atoms with Crippen molar-refractivity contribution in [2.24, 2.45) is 0 Å². The average molecular weight is 320 g/mol. The van der Waals surface area contributed by atoms with E-state index in [2.05, 4.69) is 20.9 Å². The Hall–Kier alpha value is -1.88. The molecule has 0 aliphatic heterocycles. The summed E-state index contributed by atoms with van der Waals surface area (Å²) in [6, 6.07) is 12.9. The van der Waals surface area contributed by atoms with Crippen LogP contribution < -0.4 is 5.73 Å². The van der Waals surface area contributed by atoms with Gasteiger partial charge in [0.1, 0.15) is 11.5 Å². The molecule has 0 unspecified atom stereocenters. The zero-order valence-corrected chi connectivity index (χ0v) is 12.1. The van der Waals surface area contributed by atoms with E-state index in [1.165, 1.54) is 0 Å². The summed E-state index contributed by atoms with van der Waals surface area (Å²) < 4.78 is 1.02. The first-order valence-electron chi connectivity index (χ1n) is 5.78. The second-order valence-corrected chi connectivity index (χ2v) is 5.15. The molecule has 4 nitrogen and oxygen atoms in total. The van der Waals surface area contributed by atoms with Gasteiger partial charge in [0.05, 0.1) is 0 Å². The first-order valence-corrected chi connectivity index (χ1v) is 6.58. The predicted octanol–water partition coefficient (Wildman–Crippen LogP) is 2.70. The fraction of sp³-hybridized carbons (Fsp3) is 0.143.